The van der Waals surface area contributed by atoms with Crippen molar-refractivity contribution in [1.82, 2.24) is 34.7 Å². The molecule has 0 aromatic carbocycles. The molecule has 1 fully saturated rings. The molecule has 12 nitrogen and oxygen atoms in total. The quantitative estimate of drug-likeness (QED) is 0.275. The number of aromatic amines is 2. The van der Waals surface area contributed by atoms with Gasteiger partial charge in [0.25, 0.3) is 5.62 Å². The minimum absolute atomic E-state index is 0.0838. The number of nitrogens with zero attached hydrogens (tertiary/aromatic N) is 7. The maximum Gasteiger partial charge on any atom is 0.337 e. The van der Waals surface area contributed by atoms with Crippen molar-refractivity contribution in [3.63, 3.8) is 0 Å². The maximum absolute atomic E-state index is 11.4. The van der Waals surface area contributed by atoms with Crippen molar-refractivity contribution >= 4 is 50.7 Å². The third kappa shape index (κ3) is 3.85. The van der Waals surface area contributed by atoms with Gasteiger partial charge in [-0.25, -0.2) is 19.8 Å². The van der Waals surface area contributed by atoms with Crippen molar-refractivity contribution in [2.45, 2.75) is 19.3 Å². The lowest BCUT2D eigenvalue weighted by Gasteiger charge is -2.32. The van der Waals surface area contributed by atoms with Gasteiger partial charge >= 0.3 is 5.97 Å². The second kappa shape index (κ2) is 8.72. The summed E-state index contributed by atoms with van der Waals surface area (Å²) in [5.41, 5.74) is 4.03. The average Bonchev–Trinajstić information content (AvgIpc) is 3.20. The zero-order chi connectivity index (χ0) is 24.8. The van der Waals surface area contributed by atoms with Crippen molar-refractivity contribution in [1.29, 1.82) is 0 Å². The molecule has 5 aromatic heterocycles. The van der Waals surface area contributed by atoms with E-state index in [2.05, 4.69) is 29.9 Å². The number of aromatic carboxylic acids is 1. The van der Waals surface area contributed by atoms with Gasteiger partial charge in [0, 0.05) is 45.2 Å². The largest absolute Gasteiger partial charge is 0.478 e. The van der Waals surface area contributed by atoms with E-state index in [1.54, 1.807) is 10.9 Å². The summed E-state index contributed by atoms with van der Waals surface area (Å²) < 4.78 is 1.76. The second-order valence-electron chi connectivity index (χ2n) is 9.09. The second-order valence-corrected chi connectivity index (χ2v) is 9.09. The van der Waals surface area contributed by atoms with Crippen molar-refractivity contribution in [2.24, 2.45) is 18.0 Å². The Labute approximate surface area is 204 Å². The lowest BCUT2D eigenvalue weighted by Crippen LogP contribution is -2.34. The summed E-state index contributed by atoms with van der Waals surface area (Å²) >= 11 is 0. The number of fused-ring (bicyclic) bond motifs is 2. The van der Waals surface area contributed by atoms with Crippen LogP contribution >= 0.6 is 0 Å². The number of aliphatic hydroxyl groups is 1. The van der Waals surface area contributed by atoms with Crippen LogP contribution in [0.4, 0.5) is 11.5 Å². The number of hydrogen-bond donors (Lipinski definition) is 4. The van der Waals surface area contributed by atoms with Crippen LogP contribution in [0.2, 0.25) is 0 Å². The highest BCUT2D eigenvalue weighted by atomic mass is 16.4. The Hall–Kier alpha value is -4.32. The van der Waals surface area contributed by atoms with Crippen LogP contribution in [-0.2, 0) is 7.05 Å². The number of carboxylic acid groups (broad SMARTS) is 1. The predicted octanol–water partition coefficient (Wildman–Crippen LogP) is 2.25. The molecule has 6 heterocycles. The van der Waals surface area contributed by atoms with Crippen LogP contribution in [0.15, 0.2) is 35.6 Å². The third-order valence-corrected chi connectivity index (χ3v) is 6.78. The summed E-state index contributed by atoms with van der Waals surface area (Å²) in [6, 6.07) is 5.29. The Balaban J connectivity index is 1.43. The number of carbonyl (C=O) groups is 1. The van der Waals surface area contributed by atoms with Crippen LogP contribution in [0.3, 0.4) is 0 Å². The summed E-state index contributed by atoms with van der Waals surface area (Å²) in [6.07, 6.45) is 5.97. The molecule has 0 spiro atoms. The molecular weight excluding hydrogens is 462 g/mol. The van der Waals surface area contributed by atoms with E-state index in [0.29, 0.717) is 39.4 Å². The molecule has 0 aliphatic carbocycles. The monoisotopic (exact) mass is 487 g/mol. The number of H-pyrrole nitrogens is 2. The average molecular weight is 488 g/mol. The highest BCUT2D eigenvalue weighted by Gasteiger charge is 2.20. The molecule has 0 saturated carbocycles. The number of aliphatic hydroxyl groups excluding tert-OH is 1. The minimum Gasteiger partial charge on any atom is -0.478 e. The first-order chi connectivity index (χ1) is 17.5. The van der Waals surface area contributed by atoms with E-state index < -0.39 is 5.97 Å². The molecule has 5 aromatic rings. The van der Waals surface area contributed by atoms with Gasteiger partial charge < -0.3 is 20.1 Å². The molecule has 1 aliphatic heterocycles. The topological polar surface area (TPSA) is 161 Å². The first-order valence-electron chi connectivity index (χ1n) is 11.8. The normalized spacial score (nSPS) is 15.5. The molecule has 36 heavy (non-hydrogen) atoms. The summed E-state index contributed by atoms with van der Waals surface area (Å²) in [5, 5.41) is 22.5. The molecule has 1 aliphatic rings. The fraction of sp³-hybridized carbons (Fsp3) is 0.333. The van der Waals surface area contributed by atoms with Crippen molar-refractivity contribution in [3.8, 4) is 0 Å². The molecule has 0 unspecified atom stereocenters. The highest BCUT2D eigenvalue weighted by Crippen LogP contribution is 2.28. The number of piperidine rings is 1. The van der Waals surface area contributed by atoms with Crippen molar-refractivity contribution in [2.75, 3.05) is 24.6 Å². The molecule has 0 bridgehead atoms. The van der Waals surface area contributed by atoms with Gasteiger partial charge in [-0.1, -0.05) is 0 Å². The van der Waals surface area contributed by atoms with E-state index in [-0.39, 0.29) is 17.8 Å². The van der Waals surface area contributed by atoms with Gasteiger partial charge in [-0.3, -0.25) is 14.8 Å². The van der Waals surface area contributed by atoms with Gasteiger partial charge in [-0.15, -0.1) is 0 Å². The zero-order valence-electron chi connectivity index (χ0n) is 19.6. The fourth-order valence-electron chi connectivity index (χ4n) is 4.90. The third-order valence-electron chi connectivity index (χ3n) is 6.78. The standard InChI is InChI=1S/C24H25N9O3/c1-32-22-18-20(19-16(28-21(18)31-32)10-14(12-26-19)23(35)36)29-24(30-22)27-15-2-6-25-17(11-15)33-7-3-13(4-8-33)5-9-34/h2,6,10-13,28,31,34H,3-5,7-9H2,1H3,(H,35,36). The maximum atomic E-state index is 11.4. The van der Waals surface area contributed by atoms with Crippen LogP contribution < -0.4 is 10.5 Å². The number of carboxylic acids is 1. The summed E-state index contributed by atoms with van der Waals surface area (Å²) in [6.45, 7) is 2.02. The SMILES string of the molecule is Cn1[nH]c2[nH]c3cc(C(=O)O)cnc3c3nc(=Nc4ccnc(N5CCC(CCO)CC5)c4)nc1c23. The van der Waals surface area contributed by atoms with Gasteiger partial charge in [-0.2, -0.15) is 4.98 Å². The molecule has 6 rings (SSSR count). The summed E-state index contributed by atoms with van der Waals surface area (Å²) in [4.78, 5) is 39.9. The van der Waals surface area contributed by atoms with E-state index in [0.717, 1.165) is 43.6 Å². The molecular formula is C24H25N9O3. The molecule has 0 atom stereocenters. The minimum atomic E-state index is -1.05. The Morgan fingerprint density at radius 2 is 2.03 bits per heavy atom. The Morgan fingerprint density at radius 3 is 2.81 bits per heavy atom. The first-order valence-corrected chi connectivity index (χ1v) is 11.8. The molecule has 1 saturated heterocycles. The number of pyridine rings is 3. The van der Waals surface area contributed by atoms with Crippen LogP contribution in [0.5, 0.6) is 0 Å². The molecule has 4 N–H and O–H groups in total. The van der Waals surface area contributed by atoms with Crippen LogP contribution in [0.25, 0.3) is 33.2 Å². The Kier molecular flexibility index (Phi) is 5.37. The number of aromatic nitrogens is 7. The van der Waals surface area contributed by atoms with E-state index in [4.69, 9.17) is 9.98 Å². The van der Waals surface area contributed by atoms with Crippen molar-refractivity contribution in [3.05, 3.63) is 41.8 Å². The number of hydrogen-bond acceptors (Lipinski definition) is 8. The van der Waals surface area contributed by atoms with Gasteiger partial charge in [0.15, 0.2) is 5.65 Å². The van der Waals surface area contributed by atoms with E-state index >= 15 is 0 Å². The van der Waals surface area contributed by atoms with Crippen LogP contribution in [0, 0.1) is 5.92 Å². The molecule has 0 amide bonds. The number of aryl methyl sites for hydroxylation is 1. The van der Waals surface area contributed by atoms with E-state index in [1.165, 1.54) is 12.3 Å². The zero-order valence-corrected chi connectivity index (χ0v) is 19.6. The predicted molar refractivity (Wildman–Crippen MR) is 133 cm³/mol. The Bertz CT molecular complexity index is 1680. The first kappa shape index (κ1) is 22.2. The van der Waals surface area contributed by atoms with Crippen LogP contribution in [0.1, 0.15) is 29.6 Å². The van der Waals surface area contributed by atoms with Crippen LogP contribution in [-0.4, -0.2) is 70.6 Å². The van der Waals surface area contributed by atoms with Gasteiger partial charge in [0.1, 0.15) is 22.5 Å². The Morgan fingerprint density at radius 1 is 1.19 bits per heavy atom. The fourth-order valence-corrected chi connectivity index (χ4v) is 4.90. The highest BCUT2D eigenvalue weighted by molar-refractivity contribution is 6.13. The lowest BCUT2D eigenvalue weighted by molar-refractivity contribution is 0.0696. The number of anilines is 1. The van der Waals surface area contributed by atoms with E-state index in [9.17, 15) is 15.0 Å². The summed E-state index contributed by atoms with van der Waals surface area (Å²) in [5.74, 6) is 0.360. The lowest BCUT2D eigenvalue weighted by atomic mass is 9.94. The van der Waals surface area contributed by atoms with Gasteiger partial charge in [0.05, 0.1) is 22.2 Å². The van der Waals surface area contributed by atoms with E-state index in [1.807, 2.05) is 19.2 Å². The number of nitrogens with one attached hydrogen (secondary N) is 2. The smallest absolute Gasteiger partial charge is 0.337 e. The van der Waals surface area contributed by atoms with Gasteiger partial charge in [0.2, 0.25) is 0 Å². The molecule has 12 heteroatoms. The summed E-state index contributed by atoms with van der Waals surface area (Å²) in [7, 11) is 1.84. The molecule has 0 radical (unpaired) electrons. The number of rotatable bonds is 5. The van der Waals surface area contributed by atoms with Gasteiger partial charge in [-0.05, 0) is 37.3 Å². The van der Waals surface area contributed by atoms with Crippen molar-refractivity contribution < 1.29 is 15.0 Å². The molecule has 184 valence electrons.